The van der Waals surface area contributed by atoms with E-state index in [2.05, 4.69) is 10.1 Å². The summed E-state index contributed by atoms with van der Waals surface area (Å²) in [4.78, 5) is 15.2. The minimum atomic E-state index is -2.83. The first-order chi connectivity index (χ1) is 7.47. The molecule has 0 aromatic carbocycles. The Balaban J connectivity index is 2.66. The van der Waals surface area contributed by atoms with Crippen molar-refractivity contribution in [1.82, 2.24) is 14.4 Å². The summed E-state index contributed by atoms with van der Waals surface area (Å²) in [5, 5.41) is 2.75. The summed E-state index contributed by atoms with van der Waals surface area (Å²) in [6.45, 7) is 5.19. The Labute approximate surface area is 94.5 Å². The molecule has 16 heavy (non-hydrogen) atoms. The van der Waals surface area contributed by atoms with Crippen LogP contribution in [0.1, 0.15) is 13.8 Å². The molecule has 0 aliphatic rings. The number of hydrogen-bond donors (Lipinski definition) is 1. The smallest absolute Gasteiger partial charge is 0.323 e. The van der Waals surface area contributed by atoms with Crippen LogP contribution in [0.4, 0.5) is 0 Å². The van der Waals surface area contributed by atoms with Crippen molar-refractivity contribution in [3.8, 4) is 0 Å². The van der Waals surface area contributed by atoms with E-state index >= 15 is 0 Å². The highest BCUT2D eigenvalue weighted by Crippen LogP contribution is 2.37. The minimum Gasteiger partial charge on any atom is -0.465 e. The molecule has 1 aromatic rings. The molecule has 0 saturated carbocycles. The lowest BCUT2D eigenvalue weighted by atomic mass is 10.4. The van der Waals surface area contributed by atoms with Gasteiger partial charge < -0.3 is 4.74 Å². The third kappa shape index (κ3) is 3.18. The third-order valence-electron chi connectivity index (χ3n) is 2.00. The van der Waals surface area contributed by atoms with Gasteiger partial charge in [0.05, 0.1) is 6.61 Å². The maximum atomic E-state index is 12.2. The number of nitrogens with one attached hydrogen (secondary N) is 1. The largest absolute Gasteiger partial charge is 0.465 e. The zero-order chi connectivity index (χ0) is 12.2. The molecule has 0 aliphatic heterocycles. The molecule has 1 N–H and O–H groups in total. The van der Waals surface area contributed by atoms with Crippen molar-refractivity contribution in [2.24, 2.45) is 0 Å². The van der Waals surface area contributed by atoms with E-state index in [1.807, 2.05) is 0 Å². The number of imidazole rings is 1. The molecule has 0 aliphatic carbocycles. The maximum Gasteiger partial charge on any atom is 0.323 e. The quantitative estimate of drug-likeness (QED) is 0.621. The molecule has 0 radical (unpaired) electrons. The van der Waals surface area contributed by atoms with Crippen LogP contribution in [-0.4, -0.2) is 34.6 Å². The van der Waals surface area contributed by atoms with Crippen LogP contribution in [0, 0.1) is 0 Å². The summed E-state index contributed by atoms with van der Waals surface area (Å²) in [5.41, 5.74) is 0. The van der Waals surface area contributed by atoms with Crippen molar-refractivity contribution in [3.63, 3.8) is 0 Å². The standard InChI is InChI=1S/C9H16N3O3P/c1-4-15-9(13)8(2)11-16(3,14)12-6-5-10-7-12/h5-8H,4H2,1-3H3,(H,11,14). The van der Waals surface area contributed by atoms with E-state index in [4.69, 9.17) is 4.74 Å². The number of rotatable bonds is 5. The summed E-state index contributed by atoms with van der Waals surface area (Å²) >= 11 is 0. The molecule has 0 saturated heterocycles. The molecule has 90 valence electrons. The van der Waals surface area contributed by atoms with Gasteiger partial charge in [0.1, 0.15) is 12.4 Å². The molecule has 1 rings (SSSR count). The van der Waals surface area contributed by atoms with Crippen LogP contribution >= 0.6 is 7.44 Å². The summed E-state index contributed by atoms with van der Waals surface area (Å²) in [6, 6.07) is -0.613. The fourth-order valence-corrected chi connectivity index (χ4v) is 2.75. The summed E-state index contributed by atoms with van der Waals surface area (Å²) in [6.07, 6.45) is 4.57. The summed E-state index contributed by atoms with van der Waals surface area (Å²) in [5.74, 6) is -0.412. The monoisotopic (exact) mass is 245 g/mol. The van der Waals surface area contributed by atoms with Crippen LogP contribution in [0.15, 0.2) is 18.7 Å². The number of carbonyl (C=O) groups is 1. The number of aromatic nitrogens is 2. The Kier molecular flexibility index (Phi) is 4.26. The first kappa shape index (κ1) is 12.9. The molecule has 7 heteroatoms. The highest BCUT2D eigenvalue weighted by molar-refractivity contribution is 7.59. The zero-order valence-electron chi connectivity index (χ0n) is 9.58. The number of esters is 1. The van der Waals surface area contributed by atoms with Crippen LogP contribution in [0.5, 0.6) is 0 Å². The summed E-state index contributed by atoms with van der Waals surface area (Å²) < 4.78 is 18.5. The zero-order valence-corrected chi connectivity index (χ0v) is 10.5. The van der Waals surface area contributed by atoms with Crippen molar-refractivity contribution in [2.75, 3.05) is 13.3 Å². The van der Waals surface area contributed by atoms with E-state index in [-0.39, 0.29) is 0 Å². The SMILES string of the molecule is CCOC(=O)C(C)NP(C)(=O)n1ccnc1. The van der Waals surface area contributed by atoms with E-state index in [0.29, 0.717) is 6.61 Å². The molecular formula is C9H16N3O3P. The molecule has 6 nitrogen and oxygen atoms in total. The second kappa shape index (κ2) is 5.27. The molecule has 1 heterocycles. The second-order valence-corrected chi connectivity index (χ2v) is 5.90. The van der Waals surface area contributed by atoms with Crippen LogP contribution in [0.2, 0.25) is 0 Å². The highest BCUT2D eigenvalue weighted by atomic mass is 31.2. The fourth-order valence-electron chi connectivity index (χ4n) is 1.22. The van der Waals surface area contributed by atoms with Gasteiger partial charge in [0.25, 0.3) is 0 Å². The summed E-state index contributed by atoms with van der Waals surface area (Å²) in [7, 11) is -2.83. The fraction of sp³-hybridized carbons (Fsp3) is 0.556. The minimum absolute atomic E-state index is 0.309. The average Bonchev–Trinajstić information content (AvgIpc) is 2.70. The van der Waals surface area contributed by atoms with Gasteiger partial charge in [-0.25, -0.2) is 10.1 Å². The predicted octanol–water partition coefficient (Wildman–Crippen LogP) is 1.10. The molecule has 0 amide bonds. The maximum absolute atomic E-state index is 12.2. The molecule has 2 atom stereocenters. The molecular weight excluding hydrogens is 229 g/mol. The van der Waals surface area contributed by atoms with Crippen LogP contribution in [0.3, 0.4) is 0 Å². The van der Waals surface area contributed by atoms with Gasteiger partial charge in [0.15, 0.2) is 0 Å². The Hall–Kier alpha value is -1.13. The Bertz CT molecular complexity index is 391. The first-order valence-electron chi connectivity index (χ1n) is 4.98. The lowest BCUT2D eigenvalue weighted by molar-refractivity contribution is -0.144. The number of carbonyl (C=O) groups excluding carboxylic acids is 1. The molecule has 2 unspecified atom stereocenters. The molecule has 0 bridgehead atoms. The van der Waals surface area contributed by atoms with E-state index in [0.717, 1.165) is 0 Å². The Morgan fingerprint density at radius 2 is 2.38 bits per heavy atom. The van der Waals surface area contributed by atoms with Crippen LogP contribution in [-0.2, 0) is 14.1 Å². The first-order valence-corrected chi connectivity index (χ1v) is 7.09. The van der Waals surface area contributed by atoms with Crippen molar-refractivity contribution < 1.29 is 14.1 Å². The van der Waals surface area contributed by atoms with Crippen LogP contribution in [0.25, 0.3) is 0 Å². The number of hydrogen-bond acceptors (Lipinski definition) is 4. The van der Waals surface area contributed by atoms with E-state index < -0.39 is 19.5 Å². The van der Waals surface area contributed by atoms with E-state index in [9.17, 15) is 9.36 Å². The predicted molar refractivity (Wildman–Crippen MR) is 60.4 cm³/mol. The van der Waals surface area contributed by atoms with Gasteiger partial charge in [-0.1, -0.05) is 0 Å². The van der Waals surface area contributed by atoms with Gasteiger partial charge in [-0.05, 0) is 13.8 Å². The molecule has 1 aromatic heterocycles. The normalized spacial score (nSPS) is 16.4. The lowest BCUT2D eigenvalue weighted by Crippen LogP contribution is -2.34. The van der Waals surface area contributed by atoms with Crippen LogP contribution < -0.4 is 5.09 Å². The highest BCUT2D eigenvalue weighted by Gasteiger charge is 2.24. The Morgan fingerprint density at radius 3 is 2.88 bits per heavy atom. The van der Waals surface area contributed by atoms with Crippen molar-refractivity contribution in [2.45, 2.75) is 19.9 Å². The van der Waals surface area contributed by atoms with Gasteiger partial charge in [0.2, 0.25) is 7.44 Å². The topological polar surface area (TPSA) is 73.2 Å². The van der Waals surface area contributed by atoms with E-state index in [1.165, 1.54) is 23.5 Å². The van der Waals surface area contributed by atoms with Crippen molar-refractivity contribution >= 4 is 13.4 Å². The molecule has 0 spiro atoms. The Morgan fingerprint density at radius 1 is 1.69 bits per heavy atom. The van der Waals surface area contributed by atoms with E-state index in [1.54, 1.807) is 20.0 Å². The molecule has 0 fully saturated rings. The van der Waals surface area contributed by atoms with Gasteiger partial charge in [-0.15, -0.1) is 0 Å². The van der Waals surface area contributed by atoms with Crippen molar-refractivity contribution in [3.05, 3.63) is 18.7 Å². The number of nitrogens with zero attached hydrogens (tertiary/aromatic N) is 2. The van der Waals surface area contributed by atoms with Gasteiger partial charge in [0, 0.05) is 19.1 Å². The average molecular weight is 245 g/mol. The lowest BCUT2D eigenvalue weighted by Gasteiger charge is -2.19. The third-order valence-corrected chi connectivity index (χ3v) is 3.99. The second-order valence-electron chi connectivity index (χ2n) is 3.42. The van der Waals surface area contributed by atoms with Gasteiger partial charge >= 0.3 is 5.97 Å². The van der Waals surface area contributed by atoms with Crippen molar-refractivity contribution in [1.29, 1.82) is 0 Å². The van der Waals surface area contributed by atoms with Gasteiger partial charge in [-0.2, -0.15) is 0 Å². The number of ether oxygens (including phenoxy) is 1. The van der Waals surface area contributed by atoms with Gasteiger partial charge in [-0.3, -0.25) is 13.7 Å².